The molecular formula is C22H23BrFN5O2S. The van der Waals surface area contributed by atoms with Gasteiger partial charge in [0.2, 0.25) is 0 Å². The summed E-state index contributed by atoms with van der Waals surface area (Å²) in [5.74, 6) is 0.291. The first-order valence-corrected chi connectivity index (χ1v) is 12.2. The molecule has 0 fully saturated rings. The van der Waals surface area contributed by atoms with Gasteiger partial charge in [-0.05, 0) is 59.1 Å². The van der Waals surface area contributed by atoms with E-state index in [1.807, 2.05) is 13.0 Å². The molecule has 0 spiro atoms. The maximum absolute atomic E-state index is 13.1. The predicted octanol–water partition coefficient (Wildman–Crippen LogP) is 4.60. The summed E-state index contributed by atoms with van der Waals surface area (Å²) in [5.41, 5.74) is 2.04. The lowest BCUT2D eigenvalue weighted by atomic mass is 10.3. The maximum atomic E-state index is 13.1. The highest BCUT2D eigenvalue weighted by molar-refractivity contribution is 9.10. The molecule has 1 aromatic carbocycles. The highest BCUT2D eigenvalue weighted by Crippen LogP contribution is 2.20. The van der Waals surface area contributed by atoms with Gasteiger partial charge in [-0.2, -0.15) is 9.61 Å². The van der Waals surface area contributed by atoms with Crippen LogP contribution in [0.15, 0.2) is 82.5 Å². The molecule has 3 rings (SSSR count). The van der Waals surface area contributed by atoms with Crippen LogP contribution in [0.3, 0.4) is 0 Å². The number of hydrogen-bond donors (Lipinski definition) is 2. The van der Waals surface area contributed by atoms with Gasteiger partial charge < -0.3 is 5.32 Å². The fourth-order valence-corrected chi connectivity index (χ4v) is 4.29. The normalized spacial score (nSPS) is 12.4. The number of sulfonamides is 1. The molecule has 10 heteroatoms. The predicted molar refractivity (Wildman–Crippen MR) is 127 cm³/mol. The second-order valence-corrected chi connectivity index (χ2v) is 9.28. The molecule has 2 aromatic heterocycles. The number of nitrogens with one attached hydrogen (secondary N) is 2. The Morgan fingerprint density at radius 3 is 2.75 bits per heavy atom. The highest BCUT2D eigenvalue weighted by Gasteiger charge is 2.14. The van der Waals surface area contributed by atoms with Crippen LogP contribution in [-0.2, 0) is 16.4 Å². The van der Waals surface area contributed by atoms with E-state index in [9.17, 15) is 12.8 Å². The third-order valence-corrected chi connectivity index (χ3v) is 6.40. The molecule has 2 heterocycles. The van der Waals surface area contributed by atoms with Crippen molar-refractivity contribution in [1.29, 1.82) is 0 Å². The van der Waals surface area contributed by atoms with Crippen molar-refractivity contribution < 1.29 is 12.8 Å². The fraction of sp³-hybridized carbons (Fsp3) is 0.182. The first-order valence-electron chi connectivity index (χ1n) is 9.88. The van der Waals surface area contributed by atoms with Gasteiger partial charge in [0.15, 0.2) is 5.65 Å². The van der Waals surface area contributed by atoms with Crippen LogP contribution in [0.1, 0.15) is 19.0 Å². The van der Waals surface area contributed by atoms with Gasteiger partial charge in [-0.15, -0.1) is 0 Å². The van der Waals surface area contributed by atoms with Crippen molar-refractivity contribution in [3.8, 4) is 0 Å². The van der Waals surface area contributed by atoms with E-state index >= 15 is 0 Å². The van der Waals surface area contributed by atoms with Crippen LogP contribution in [0.2, 0.25) is 0 Å². The largest absolute Gasteiger partial charge is 0.370 e. The van der Waals surface area contributed by atoms with E-state index < -0.39 is 15.8 Å². The molecule has 0 aliphatic heterocycles. The lowest BCUT2D eigenvalue weighted by Crippen LogP contribution is -2.22. The summed E-state index contributed by atoms with van der Waals surface area (Å²) in [6.45, 7) is 6.18. The molecule has 32 heavy (non-hydrogen) atoms. The molecule has 0 aliphatic rings. The minimum absolute atomic E-state index is 0.0227. The molecule has 0 bridgehead atoms. The third-order valence-electron chi connectivity index (χ3n) is 4.45. The number of anilines is 1. The van der Waals surface area contributed by atoms with Crippen molar-refractivity contribution >= 4 is 37.4 Å². The van der Waals surface area contributed by atoms with Crippen molar-refractivity contribution in [2.75, 3.05) is 11.9 Å². The van der Waals surface area contributed by atoms with Crippen LogP contribution in [0.5, 0.6) is 0 Å². The number of benzene rings is 1. The summed E-state index contributed by atoms with van der Waals surface area (Å²) >= 11 is 3.46. The number of fused-ring (bicyclic) bond motifs is 1. The number of nitrogens with zero attached hydrogens (tertiary/aromatic N) is 3. The minimum Gasteiger partial charge on any atom is -0.370 e. The molecular weight excluding hydrogens is 497 g/mol. The maximum Gasteiger partial charge on any atom is 0.261 e. The van der Waals surface area contributed by atoms with Crippen LogP contribution >= 0.6 is 15.9 Å². The molecule has 0 saturated carbocycles. The van der Waals surface area contributed by atoms with E-state index in [4.69, 9.17) is 0 Å². The number of halogens is 2. The van der Waals surface area contributed by atoms with E-state index in [1.54, 1.807) is 35.0 Å². The number of aromatic nitrogens is 3. The van der Waals surface area contributed by atoms with Gasteiger partial charge in [0.25, 0.3) is 10.0 Å². The van der Waals surface area contributed by atoms with E-state index in [-0.39, 0.29) is 4.90 Å². The Morgan fingerprint density at radius 1 is 1.31 bits per heavy atom. The second-order valence-electron chi connectivity index (χ2n) is 6.74. The summed E-state index contributed by atoms with van der Waals surface area (Å²) in [5, 5.41) is 7.64. The lowest BCUT2D eigenvalue weighted by Gasteiger charge is -2.11. The quantitative estimate of drug-likeness (QED) is 0.302. The van der Waals surface area contributed by atoms with Gasteiger partial charge in [0.05, 0.1) is 15.6 Å². The van der Waals surface area contributed by atoms with Crippen molar-refractivity contribution in [3.63, 3.8) is 0 Å². The molecule has 0 aliphatic carbocycles. The summed E-state index contributed by atoms with van der Waals surface area (Å²) in [4.78, 5) is 4.54. The van der Waals surface area contributed by atoms with E-state index in [0.717, 1.165) is 40.2 Å². The van der Waals surface area contributed by atoms with Gasteiger partial charge in [0.1, 0.15) is 11.6 Å². The summed E-state index contributed by atoms with van der Waals surface area (Å²) < 4.78 is 43.4. The Kier molecular flexibility index (Phi) is 7.81. The van der Waals surface area contributed by atoms with Crippen molar-refractivity contribution in [2.45, 2.75) is 24.7 Å². The zero-order valence-electron chi connectivity index (χ0n) is 17.4. The molecule has 3 aromatic rings. The Labute approximate surface area is 194 Å². The van der Waals surface area contributed by atoms with Crippen LogP contribution in [0.4, 0.5) is 10.2 Å². The Bertz CT molecular complexity index is 1270. The molecule has 0 unspecified atom stereocenters. The van der Waals surface area contributed by atoms with Gasteiger partial charge in [-0.3, -0.25) is 4.72 Å². The number of rotatable bonds is 10. The minimum atomic E-state index is -3.85. The molecule has 0 amide bonds. The first-order chi connectivity index (χ1) is 15.3. The molecule has 168 valence electrons. The van der Waals surface area contributed by atoms with Crippen LogP contribution < -0.4 is 10.0 Å². The molecule has 2 N–H and O–H groups in total. The number of hydrogen-bond acceptors (Lipinski definition) is 5. The van der Waals surface area contributed by atoms with E-state index in [0.29, 0.717) is 18.7 Å². The lowest BCUT2D eigenvalue weighted by molar-refractivity contribution is 0.588. The molecule has 0 atom stereocenters. The van der Waals surface area contributed by atoms with E-state index in [2.05, 4.69) is 42.6 Å². The fourth-order valence-electron chi connectivity index (χ4n) is 2.86. The van der Waals surface area contributed by atoms with Crippen LogP contribution in [-0.4, -0.2) is 29.6 Å². The van der Waals surface area contributed by atoms with E-state index in [1.165, 1.54) is 12.1 Å². The van der Waals surface area contributed by atoms with Gasteiger partial charge in [-0.25, -0.2) is 17.8 Å². The van der Waals surface area contributed by atoms with Crippen LogP contribution in [0, 0.1) is 5.82 Å². The highest BCUT2D eigenvalue weighted by atomic mass is 79.9. The average molecular weight is 520 g/mol. The number of allylic oxidation sites excluding steroid dienone is 3. The summed E-state index contributed by atoms with van der Waals surface area (Å²) in [6, 6.07) is 6.59. The zero-order valence-corrected chi connectivity index (χ0v) is 19.8. The monoisotopic (exact) mass is 519 g/mol. The Hall–Kier alpha value is -2.98. The smallest absolute Gasteiger partial charge is 0.261 e. The van der Waals surface area contributed by atoms with Gasteiger partial charge in [-0.1, -0.05) is 31.7 Å². The summed E-state index contributed by atoms with van der Waals surface area (Å²) in [6.07, 6.45) is 9.54. The Balaban J connectivity index is 1.73. The summed E-state index contributed by atoms with van der Waals surface area (Å²) in [7, 11) is -3.85. The van der Waals surface area contributed by atoms with Gasteiger partial charge in [0, 0.05) is 24.0 Å². The average Bonchev–Trinajstić information content (AvgIpc) is 3.15. The zero-order chi connectivity index (χ0) is 23.1. The van der Waals surface area contributed by atoms with Gasteiger partial charge >= 0.3 is 0 Å². The standard InChI is InChI=1S/C22H23BrFN5O2S/c1-3-5-7-18(28-32(30,31)19-11-9-16(24)10-12-19)8-6-13-25-21-14-17(4-2)27-22-20(23)15-26-29(21)22/h3,5,7-12,14-15,25,28H,1,4,6,13H2,2H3/b7-5-,18-8+. The number of aryl methyl sites for hydroxylation is 1. The molecule has 7 nitrogen and oxygen atoms in total. The van der Waals surface area contributed by atoms with Crippen molar-refractivity contribution in [3.05, 3.63) is 89.1 Å². The van der Waals surface area contributed by atoms with Crippen molar-refractivity contribution in [1.82, 2.24) is 19.3 Å². The Morgan fingerprint density at radius 2 is 2.06 bits per heavy atom. The topological polar surface area (TPSA) is 88.4 Å². The molecule has 0 radical (unpaired) electrons. The SMILES string of the molecule is C=C/C=C\C(=C/CCNc1cc(CC)nc2c(Br)cnn12)NS(=O)(=O)c1ccc(F)cc1. The molecule has 0 saturated heterocycles. The second kappa shape index (κ2) is 10.6. The first kappa shape index (κ1) is 23.7. The van der Waals surface area contributed by atoms with Crippen molar-refractivity contribution in [2.24, 2.45) is 0 Å². The third kappa shape index (κ3) is 5.83. The van der Waals surface area contributed by atoms with Crippen LogP contribution in [0.25, 0.3) is 5.65 Å².